The van der Waals surface area contributed by atoms with Crippen LogP contribution in [0.5, 0.6) is 0 Å². The molecule has 0 spiro atoms. The Kier molecular flexibility index (Phi) is 36.3. The zero-order chi connectivity index (χ0) is 39.3. The van der Waals surface area contributed by atoms with E-state index in [1.807, 2.05) is 21.1 Å². The van der Waals surface area contributed by atoms with Crippen LogP contribution >= 0.6 is 7.82 Å². The third kappa shape index (κ3) is 39.3. The summed E-state index contributed by atoms with van der Waals surface area (Å²) in [6.45, 7) is 4.88. The Morgan fingerprint density at radius 1 is 0.623 bits per heavy atom. The number of nitrogens with one attached hydrogen (secondary N) is 1. The molecule has 0 aliphatic carbocycles. The minimum absolute atomic E-state index is 0.0761. The lowest BCUT2D eigenvalue weighted by Gasteiger charge is -2.26. The molecule has 3 unspecified atom stereocenters. The number of hydrogen-bond donors (Lipinski definition) is 3. The number of aliphatic hydroxyl groups is 1. The smallest absolute Gasteiger partial charge is 0.391 e. The summed E-state index contributed by atoms with van der Waals surface area (Å²) >= 11 is 0. The zero-order valence-corrected chi connectivity index (χ0v) is 36.7. The molecule has 316 valence electrons. The third-order valence-corrected chi connectivity index (χ3v) is 11.2. The molecule has 1 amide bonds. The van der Waals surface area contributed by atoms with Crippen LogP contribution in [0.4, 0.5) is 0 Å². The van der Waals surface area contributed by atoms with Gasteiger partial charge >= 0.3 is 7.82 Å². The van der Waals surface area contributed by atoms with Crippen molar-refractivity contribution in [3.8, 4) is 0 Å². The first kappa shape index (κ1) is 52.2. The Morgan fingerprint density at radius 2 is 1.02 bits per heavy atom. The number of phosphoric acid groups is 1. The zero-order valence-electron chi connectivity index (χ0n) is 35.8. The van der Waals surface area contributed by atoms with Crippen LogP contribution < -0.4 is 5.32 Å². The van der Waals surface area contributed by atoms with E-state index in [4.69, 9.17) is 9.05 Å². The summed E-state index contributed by atoms with van der Waals surface area (Å²) in [5.41, 5.74) is 0. The molecule has 53 heavy (non-hydrogen) atoms. The Labute approximate surface area is 329 Å². The average Bonchev–Trinajstić information content (AvgIpc) is 3.10. The van der Waals surface area contributed by atoms with Gasteiger partial charge in [0, 0.05) is 6.42 Å². The molecule has 0 aromatic heterocycles. The van der Waals surface area contributed by atoms with E-state index < -0.39 is 20.0 Å². The minimum atomic E-state index is -4.31. The fraction of sp³-hybridized carbons (Fsp3) is 0.932. The highest BCUT2D eigenvalue weighted by molar-refractivity contribution is 7.47. The molecule has 0 aromatic rings. The third-order valence-electron chi connectivity index (χ3n) is 10.3. The Bertz CT molecular complexity index is 880. The van der Waals surface area contributed by atoms with E-state index in [0.717, 1.165) is 38.5 Å². The summed E-state index contributed by atoms with van der Waals surface area (Å²) in [5.74, 6) is -0.146. The van der Waals surface area contributed by atoms with Gasteiger partial charge in [-0.1, -0.05) is 180 Å². The summed E-state index contributed by atoms with van der Waals surface area (Å²) in [6.07, 6.45) is 40.9. The van der Waals surface area contributed by atoms with Crippen molar-refractivity contribution in [1.82, 2.24) is 5.32 Å². The van der Waals surface area contributed by atoms with Crippen molar-refractivity contribution in [1.29, 1.82) is 0 Å². The number of carbonyl (C=O) groups is 1. The molecule has 0 heterocycles. The number of likely N-dealkylation sites (N-methyl/N-ethyl adjacent to an activating group) is 1. The van der Waals surface area contributed by atoms with E-state index >= 15 is 0 Å². The normalized spacial score (nSPS) is 14.5. The molecular weight excluding hydrogens is 683 g/mol. The lowest BCUT2D eigenvalue weighted by molar-refractivity contribution is -0.870. The fourth-order valence-corrected chi connectivity index (χ4v) is 7.36. The lowest BCUT2D eigenvalue weighted by atomic mass is 10.0. The first-order valence-corrected chi connectivity index (χ1v) is 24.0. The van der Waals surface area contributed by atoms with Crippen molar-refractivity contribution in [2.24, 2.45) is 0 Å². The van der Waals surface area contributed by atoms with Gasteiger partial charge in [0.2, 0.25) is 5.91 Å². The maximum atomic E-state index is 12.9. The molecule has 0 aliphatic rings. The van der Waals surface area contributed by atoms with Crippen LogP contribution in [0.2, 0.25) is 0 Å². The number of nitrogens with zero attached hydrogens (tertiary/aromatic N) is 1. The summed E-state index contributed by atoms with van der Waals surface area (Å²) in [6, 6.07) is -0.756. The highest BCUT2D eigenvalue weighted by Gasteiger charge is 2.28. The van der Waals surface area contributed by atoms with E-state index in [1.165, 1.54) is 148 Å². The fourth-order valence-electron chi connectivity index (χ4n) is 6.63. The second-order valence-electron chi connectivity index (χ2n) is 16.8. The molecule has 0 aromatic carbocycles. The topological polar surface area (TPSA) is 105 Å². The summed E-state index contributed by atoms with van der Waals surface area (Å²) < 4.78 is 23.6. The first-order chi connectivity index (χ1) is 25.5. The van der Waals surface area contributed by atoms with Crippen molar-refractivity contribution < 1.29 is 32.9 Å². The van der Waals surface area contributed by atoms with E-state index in [9.17, 15) is 19.4 Å². The van der Waals surface area contributed by atoms with Gasteiger partial charge in [0.1, 0.15) is 13.2 Å². The number of unbranched alkanes of at least 4 members (excludes halogenated alkanes) is 26. The quantitative estimate of drug-likeness (QED) is 0.0247. The van der Waals surface area contributed by atoms with Crippen molar-refractivity contribution in [2.75, 3.05) is 40.9 Å². The van der Waals surface area contributed by atoms with Crippen molar-refractivity contribution in [2.45, 2.75) is 225 Å². The molecule has 0 saturated heterocycles. The lowest BCUT2D eigenvalue weighted by Crippen LogP contribution is -2.46. The molecule has 9 heteroatoms. The van der Waals surface area contributed by atoms with Gasteiger partial charge in [-0.3, -0.25) is 13.8 Å². The van der Waals surface area contributed by atoms with Gasteiger partial charge in [-0.15, -0.1) is 0 Å². The number of quaternary nitrogens is 1. The molecule has 0 bridgehead atoms. The highest BCUT2D eigenvalue weighted by atomic mass is 31.2. The predicted octanol–water partition coefficient (Wildman–Crippen LogP) is 12.4. The van der Waals surface area contributed by atoms with Gasteiger partial charge < -0.3 is 19.8 Å². The molecule has 0 fully saturated rings. The summed E-state index contributed by atoms with van der Waals surface area (Å²) in [7, 11) is 1.62. The second-order valence-corrected chi connectivity index (χ2v) is 18.2. The molecule has 0 radical (unpaired) electrons. The predicted molar refractivity (Wildman–Crippen MR) is 226 cm³/mol. The number of amides is 1. The van der Waals surface area contributed by atoms with Crippen LogP contribution in [0.3, 0.4) is 0 Å². The van der Waals surface area contributed by atoms with Crippen LogP contribution in [0, 0.1) is 0 Å². The standard InChI is InChI=1S/C44H89N2O6P/c1-6-8-10-12-14-16-18-20-21-22-23-24-25-26-28-30-32-34-36-38-44(48)45-42(41-52-53(49,50)51-40-39-46(3,4)5)43(47)37-35-33-31-29-27-19-17-15-13-11-9-7-2/h20-21,42-43,47H,6-19,22-41H2,1-5H3,(H-,45,48,49,50)/p+1/b21-20-. The Hall–Kier alpha value is -0.760. The SMILES string of the molecule is CCCCCCCC/C=C\CCCCCCCCCCCC(=O)NC(COP(=O)(O)OCC[N+](C)(C)C)C(O)CCCCCCCCCCCCCC. The molecular formula is C44H90N2O6P+. The molecule has 0 aliphatic heterocycles. The van der Waals surface area contributed by atoms with Gasteiger partial charge in [-0.2, -0.15) is 0 Å². The van der Waals surface area contributed by atoms with E-state index in [2.05, 4.69) is 31.3 Å². The number of carbonyl (C=O) groups excluding carboxylic acids is 1. The van der Waals surface area contributed by atoms with E-state index in [0.29, 0.717) is 23.9 Å². The number of allylic oxidation sites excluding steroid dienone is 2. The van der Waals surface area contributed by atoms with Crippen molar-refractivity contribution in [3.63, 3.8) is 0 Å². The maximum Gasteiger partial charge on any atom is 0.472 e. The average molecular weight is 774 g/mol. The maximum absolute atomic E-state index is 12.9. The van der Waals surface area contributed by atoms with Crippen LogP contribution in [0.1, 0.15) is 213 Å². The van der Waals surface area contributed by atoms with Crippen LogP contribution in [0.25, 0.3) is 0 Å². The number of hydrogen-bond acceptors (Lipinski definition) is 5. The Balaban J connectivity index is 4.30. The highest BCUT2D eigenvalue weighted by Crippen LogP contribution is 2.43. The van der Waals surface area contributed by atoms with Crippen LogP contribution in [-0.4, -0.2) is 73.4 Å². The van der Waals surface area contributed by atoms with Crippen LogP contribution in [-0.2, 0) is 18.4 Å². The molecule has 8 nitrogen and oxygen atoms in total. The molecule has 0 saturated carbocycles. The Morgan fingerprint density at radius 3 is 1.45 bits per heavy atom. The van der Waals surface area contributed by atoms with Crippen molar-refractivity contribution >= 4 is 13.7 Å². The monoisotopic (exact) mass is 774 g/mol. The van der Waals surface area contributed by atoms with Crippen LogP contribution in [0.15, 0.2) is 12.2 Å². The summed E-state index contributed by atoms with van der Waals surface area (Å²) in [5, 5.41) is 13.9. The van der Waals surface area contributed by atoms with E-state index in [-0.39, 0.29) is 19.1 Å². The second kappa shape index (κ2) is 36.9. The number of aliphatic hydroxyl groups excluding tert-OH is 1. The van der Waals surface area contributed by atoms with E-state index in [1.54, 1.807) is 0 Å². The largest absolute Gasteiger partial charge is 0.472 e. The minimum Gasteiger partial charge on any atom is -0.391 e. The van der Waals surface area contributed by atoms with Gasteiger partial charge in [0.05, 0.1) is 39.9 Å². The summed E-state index contributed by atoms with van der Waals surface area (Å²) in [4.78, 5) is 23.1. The van der Waals surface area contributed by atoms with Gasteiger partial charge in [0.25, 0.3) is 0 Å². The number of rotatable bonds is 41. The van der Waals surface area contributed by atoms with Gasteiger partial charge in [-0.25, -0.2) is 4.57 Å². The first-order valence-electron chi connectivity index (χ1n) is 22.6. The molecule has 3 atom stereocenters. The van der Waals surface area contributed by atoms with Crippen molar-refractivity contribution in [3.05, 3.63) is 12.2 Å². The van der Waals surface area contributed by atoms with Gasteiger partial charge in [-0.05, 0) is 38.5 Å². The molecule has 3 N–H and O–H groups in total. The van der Waals surface area contributed by atoms with Gasteiger partial charge in [0.15, 0.2) is 0 Å². The number of phosphoric ester groups is 1. The molecule has 0 rings (SSSR count).